The Kier molecular flexibility index (Phi) is 3.50. The van der Waals surface area contributed by atoms with Gasteiger partial charge in [-0.1, -0.05) is 0 Å². The van der Waals surface area contributed by atoms with Crippen molar-refractivity contribution in [3.05, 3.63) is 30.1 Å². The van der Waals surface area contributed by atoms with Gasteiger partial charge in [0.1, 0.15) is 5.82 Å². The normalized spacial score (nSPS) is 19.2. The van der Waals surface area contributed by atoms with Crippen molar-refractivity contribution < 1.29 is 4.39 Å². The largest absolute Gasteiger partial charge is 0.384 e. The molecule has 1 N–H and O–H groups in total. The van der Waals surface area contributed by atoms with E-state index in [1.807, 2.05) is 0 Å². The molecule has 2 aliphatic rings. The van der Waals surface area contributed by atoms with E-state index < -0.39 is 0 Å². The van der Waals surface area contributed by atoms with Crippen molar-refractivity contribution >= 4 is 5.69 Å². The highest BCUT2D eigenvalue weighted by atomic mass is 19.1. The lowest BCUT2D eigenvalue weighted by Gasteiger charge is -2.22. The van der Waals surface area contributed by atoms with Gasteiger partial charge in [-0.05, 0) is 55.9 Å². The van der Waals surface area contributed by atoms with Crippen molar-refractivity contribution in [1.29, 1.82) is 0 Å². The van der Waals surface area contributed by atoms with Crippen LogP contribution >= 0.6 is 0 Å². The summed E-state index contributed by atoms with van der Waals surface area (Å²) in [6.07, 6.45) is 5.61. The van der Waals surface area contributed by atoms with Gasteiger partial charge in [-0.15, -0.1) is 0 Å². The lowest BCUT2D eigenvalue weighted by atomic mass is 10.3. The molecule has 0 aliphatic heterocycles. The molecule has 0 radical (unpaired) electrons. The number of benzene rings is 1. The molecule has 2 aliphatic carbocycles. The molecule has 0 saturated heterocycles. The van der Waals surface area contributed by atoms with Crippen molar-refractivity contribution in [3.8, 4) is 0 Å². The van der Waals surface area contributed by atoms with E-state index in [2.05, 4.69) is 10.2 Å². The predicted molar refractivity (Wildman–Crippen MR) is 72.2 cm³/mol. The summed E-state index contributed by atoms with van der Waals surface area (Å²) >= 11 is 0. The quantitative estimate of drug-likeness (QED) is 0.797. The summed E-state index contributed by atoms with van der Waals surface area (Å²) in [6.45, 7) is 3.35. The van der Waals surface area contributed by atoms with E-state index >= 15 is 0 Å². The van der Waals surface area contributed by atoms with Crippen LogP contribution in [-0.4, -0.2) is 30.6 Å². The Bertz CT molecular complexity index is 382. The molecule has 2 fully saturated rings. The van der Waals surface area contributed by atoms with E-state index in [9.17, 15) is 4.39 Å². The fourth-order valence-electron chi connectivity index (χ4n) is 2.41. The second-order valence-corrected chi connectivity index (χ2v) is 5.60. The summed E-state index contributed by atoms with van der Waals surface area (Å²) in [5.74, 6) is 0.797. The van der Waals surface area contributed by atoms with Gasteiger partial charge in [0, 0.05) is 31.4 Å². The fraction of sp³-hybridized carbons (Fsp3) is 0.600. The zero-order chi connectivity index (χ0) is 12.4. The fourth-order valence-corrected chi connectivity index (χ4v) is 2.41. The molecule has 2 saturated carbocycles. The molecule has 3 heteroatoms. The first-order chi connectivity index (χ1) is 8.81. The van der Waals surface area contributed by atoms with Gasteiger partial charge in [-0.3, -0.25) is 4.90 Å². The van der Waals surface area contributed by atoms with E-state index in [4.69, 9.17) is 0 Å². The number of rotatable bonds is 7. The molecule has 98 valence electrons. The summed E-state index contributed by atoms with van der Waals surface area (Å²) in [6, 6.07) is 7.46. The highest BCUT2D eigenvalue weighted by molar-refractivity contribution is 5.42. The van der Waals surface area contributed by atoms with Crippen LogP contribution in [-0.2, 0) is 0 Å². The molecule has 0 spiro atoms. The van der Waals surface area contributed by atoms with E-state index in [0.29, 0.717) is 0 Å². The second-order valence-electron chi connectivity index (χ2n) is 5.60. The molecule has 0 amide bonds. The van der Waals surface area contributed by atoms with Crippen molar-refractivity contribution in [3.63, 3.8) is 0 Å². The highest BCUT2D eigenvalue weighted by Crippen LogP contribution is 2.34. The standard InChI is InChI=1S/C15H21FN2/c16-13-3-5-14(6-4-13)17-9-10-18(15-7-8-15)11-12-1-2-12/h3-6,12,15,17H,1-2,7-11H2. The lowest BCUT2D eigenvalue weighted by Crippen LogP contribution is -2.33. The summed E-state index contributed by atoms with van der Waals surface area (Å²) in [5, 5.41) is 3.37. The van der Waals surface area contributed by atoms with Crippen LogP contribution in [0.1, 0.15) is 25.7 Å². The number of halogens is 1. The first kappa shape index (κ1) is 12.0. The van der Waals surface area contributed by atoms with E-state index in [-0.39, 0.29) is 5.82 Å². The highest BCUT2D eigenvalue weighted by Gasteiger charge is 2.33. The van der Waals surface area contributed by atoms with Gasteiger partial charge >= 0.3 is 0 Å². The maximum Gasteiger partial charge on any atom is 0.123 e. The molecule has 0 aromatic heterocycles. The second kappa shape index (κ2) is 5.27. The smallest absolute Gasteiger partial charge is 0.123 e. The Morgan fingerprint density at radius 1 is 1.11 bits per heavy atom. The number of anilines is 1. The maximum atomic E-state index is 12.8. The molecular formula is C15H21FN2. The van der Waals surface area contributed by atoms with Gasteiger partial charge < -0.3 is 5.32 Å². The van der Waals surface area contributed by atoms with Gasteiger partial charge in [-0.25, -0.2) is 4.39 Å². The van der Waals surface area contributed by atoms with Crippen molar-refractivity contribution in [2.45, 2.75) is 31.7 Å². The Hall–Kier alpha value is -1.09. The third kappa shape index (κ3) is 3.45. The van der Waals surface area contributed by atoms with Crippen LogP contribution in [0.4, 0.5) is 10.1 Å². The van der Waals surface area contributed by atoms with Crippen molar-refractivity contribution in [1.82, 2.24) is 4.90 Å². The third-order valence-corrected chi connectivity index (χ3v) is 3.83. The minimum absolute atomic E-state index is 0.172. The monoisotopic (exact) mass is 248 g/mol. The lowest BCUT2D eigenvalue weighted by molar-refractivity contribution is 0.262. The molecule has 2 nitrogen and oxygen atoms in total. The molecule has 0 bridgehead atoms. The molecule has 1 aromatic rings. The third-order valence-electron chi connectivity index (χ3n) is 3.83. The van der Waals surface area contributed by atoms with Gasteiger partial charge in [0.05, 0.1) is 0 Å². The average Bonchev–Trinajstić information content (AvgIpc) is 3.24. The summed E-state index contributed by atoms with van der Waals surface area (Å²) < 4.78 is 12.8. The van der Waals surface area contributed by atoms with Crippen LogP contribution in [0.3, 0.4) is 0 Å². The SMILES string of the molecule is Fc1ccc(NCCN(CC2CC2)C2CC2)cc1. The van der Waals surface area contributed by atoms with Crippen LogP contribution in [0.15, 0.2) is 24.3 Å². The predicted octanol–water partition coefficient (Wildman–Crippen LogP) is 3.11. The van der Waals surface area contributed by atoms with Gasteiger partial charge in [-0.2, -0.15) is 0 Å². The van der Waals surface area contributed by atoms with Gasteiger partial charge in [0.25, 0.3) is 0 Å². The van der Waals surface area contributed by atoms with Crippen LogP contribution in [0.5, 0.6) is 0 Å². The minimum Gasteiger partial charge on any atom is -0.384 e. The molecule has 1 aromatic carbocycles. The zero-order valence-corrected chi connectivity index (χ0v) is 10.7. The summed E-state index contributed by atoms with van der Waals surface area (Å²) in [7, 11) is 0. The Morgan fingerprint density at radius 2 is 1.83 bits per heavy atom. The number of hydrogen-bond donors (Lipinski definition) is 1. The summed E-state index contributed by atoms with van der Waals surface area (Å²) in [5.41, 5.74) is 1.01. The number of nitrogens with one attached hydrogen (secondary N) is 1. The van der Waals surface area contributed by atoms with Crippen LogP contribution < -0.4 is 5.32 Å². The van der Waals surface area contributed by atoms with E-state index in [1.54, 1.807) is 12.1 Å². The maximum absolute atomic E-state index is 12.8. The number of hydrogen-bond acceptors (Lipinski definition) is 2. The Morgan fingerprint density at radius 3 is 2.44 bits per heavy atom. The van der Waals surface area contributed by atoms with E-state index in [0.717, 1.165) is 30.7 Å². The van der Waals surface area contributed by atoms with Crippen LogP contribution in [0, 0.1) is 11.7 Å². The van der Waals surface area contributed by atoms with Gasteiger partial charge in [0.15, 0.2) is 0 Å². The number of nitrogens with zero attached hydrogens (tertiary/aromatic N) is 1. The van der Waals surface area contributed by atoms with Crippen LogP contribution in [0.2, 0.25) is 0 Å². The average molecular weight is 248 g/mol. The first-order valence-electron chi connectivity index (χ1n) is 7.05. The van der Waals surface area contributed by atoms with Crippen molar-refractivity contribution in [2.75, 3.05) is 25.0 Å². The Labute approximate surface area is 108 Å². The summed E-state index contributed by atoms with van der Waals surface area (Å²) in [4.78, 5) is 2.63. The van der Waals surface area contributed by atoms with Gasteiger partial charge in [0.2, 0.25) is 0 Å². The topological polar surface area (TPSA) is 15.3 Å². The first-order valence-corrected chi connectivity index (χ1v) is 7.05. The molecular weight excluding hydrogens is 227 g/mol. The Balaban J connectivity index is 1.43. The van der Waals surface area contributed by atoms with Crippen molar-refractivity contribution in [2.24, 2.45) is 5.92 Å². The minimum atomic E-state index is -0.172. The molecule has 0 heterocycles. The van der Waals surface area contributed by atoms with Crippen LogP contribution in [0.25, 0.3) is 0 Å². The molecule has 3 rings (SSSR count). The molecule has 0 atom stereocenters. The molecule has 18 heavy (non-hydrogen) atoms. The zero-order valence-electron chi connectivity index (χ0n) is 10.7. The van der Waals surface area contributed by atoms with E-state index in [1.165, 1.54) is 44.4 Å². The molecule has 0 unspecified atom stereocenters.